The molecule has 0 amide bonds. The summed E-state index contributed by atoms with van der Waals surface area (Å²) < 4.78 is 1.86. The summed E-state index contributed by atoms with van der Waals surface area (Å²) in [5.74, 6) is 0.925. The molecule has 0 aliphatic rings. The second-order valence-corrected chi connectivity index (χ2v) is 3.91. The van der Waals surface area contributed by atoms with E-state index in [1.807, 2.05) is 29.9 Å². The Morgan fingerprint density at radius 1 is 1.38 bits per heavy atom. The summed E-state index contributed by atoms with van der Waals surface area (Å²) in [6, 6.07) is 3.96. The highest BCUT2D eigenvalue weighted by Gasteiger charge is 2.03. The molecule has 0 atom stereocenters. The van der Waals surface area contributed by atoms with Gasteiger partial charge in [-0.05, 0) is 11.6 Å². The molecule has 16 heavy (non-hydrogen) atoms. The van der Waals surface area contributed by atoms with Gasteiger partial charge in [-0.3, -0.25) is 4.98 Å². The van der Waals surface area contributed by atoms with Crippen LogP contribution in [0.5, 0.6) is 0 Å². The van der Waals surface area contributed by atoms with Crippen molar-refractivity contribution < 1.29 is 0 Å². The Morgan fingerprint density at radius 2 is 2.25 bits per heavy atom. The van der Waals surface area contributed by atoms with Crippen molar-refractivity contribution in [2.24, 2.45) is 7.05 Å². The molecular weight excluding hydrogens is 224 g/mol. The highest BCUT2D eigenvalue weighted by molar-refractivity contribution is 6.29. The van der Waals surface area contributed by atoms with Gasteiger partial charge in [0, 0.05) is 26.0 Å². The number of nitrogens with one attached hydrogen (secondary N) is 1. The van der Waals surface area contributed by atoms with Gasteiger partial charge < -0.3 is 9.88 Å². The number of imidazole rings is 1. The zero-order chi connectivity index (χ0) is 11.4. The molecular formula is C11H13ClN4. The third-order valence-corrected chi connectivity index (χ3v) is 2.71. The standard InChI is InChI=1S/C11H13ClN4/c1-16-10(12)7-15-11(16)8-14-6-9-3-2-4-13-5-9/h2-5,7,14H,6,8H2,1H3. The molecule has 2 heterocycles. The van der Waals surface area contributed by atoms with Crippen LogP contribution in [0.1, 0.15) is 11.4 Å². The normalized spacial score (nSPS) is 10.6. The Morgan fingerprint density at radius 3 is 2.88 bits per heavy atom. The molecule has 2 aromatic rings. The molecule has 84 valence electrons. The van der Waals surface area contributed by atoms with Crippen LogP contribution in [-0.2, 0) is 20.1 Å². The third kappa shape index (κ3) is 2.59. The van der Waals surface area contributed by atoms with Crippen molar-refractivity contribution >= 4 is 11.6 Å². The first-order valence-corrected chi connectivity index (χ1v) is 5.41. The summed E-state index contributed by atoms with van der Waals surface area (Å²) in [4.78, 5) is 8.25. The number of hydrogen-bond acceptors (Lipinski definition) is 3. The van der Waals surface area contributed by atoms with Crippen molar-refractivity contribution in [3.63, 3.8) is 0 Å². The molecule has 0 saturated heterocycles. The van der Waals surface area contributed by atoms with Crippen LogP contribution in [0.4, 0.5) is 0 Å². The van der Waals surface area contributed by atoms with Crippen molar-refractivity contribution in [1.29, 1.82) is 0 Å². The smallest absolute Gasteiger partial charge is 0.128 e. The lowest BCUT2D eigenvalue weighted by molar-refractivity contribution is 0.638. The quantitative estimate of drug-likeness (QED) is 0.880. The zero-order valence-electron chi connectivity index (χ0n) is 9.02. The lowest BCUT2D eigenvalue weighted by atomic mass is 10.3. The Kier molecular flexibility index (Phi) is 3.54. The van der Waals surface area contributed by atoms with Gasteiger partial charge in [0.2, 0.25) is 0 Å². The number of hydrogen-bond donors (Lipinski definition) is 1. The van der Waals surface area contributed by atoms with E-state index in [0.717, 1.165) is 17.9 Å². The number of halogens is 1. The van der Waals surface area contributed by atoms with Crippen LogP contribution in [0.15, 0.2) is 30.7 Å². The Labute approximate surface area is 99.3 Å². The molecule has 0 spiro atoms. The monoisotopic (exact) mass is 236 g/mol. The van der Waals surface area contributed by atoms with Crippen LogP contribution in [0.3, 0.4) is 0 Å². The molecule has 0 unspecified atom stereocenters. The fraction of sp³-hybridized carbons (Fsp3) is 0.273. The molecule has 0 aliphatic heterocycles. The third-order valence-electron chi connectivity index (χ3n) is 2.36. The van der Waals surface area contributed by atoms with Crippen LogP contribution in [-0.4, -0.2) is 14.5 Å². The van der Waals surface area contributed by atoms with E-state index in [-0.39, 0.29) is 0 Å². The van der Waals surface area contributed by atoms with E-state index in [1.54, 1.807) is 12.4 Å². The number of pyridine rings is 1. The zero-order valence-corrected chi connectivity index (χ0v) is 9.78. The minimum absolute atomic E-state index is 0.651. The second kappa shape index (κ2) is 5.09. The van der Waals surface area contributed by atoms with Crippen LogP contribution in [0, 0.1) is 0 Å². The molecule has 5 heteroatoms. The van der Waals surface area contributed by atoms with Gasteiger partial charge in [-0.1, -0.05) is 17.7 Å². The first-order chi connectivity index (χ1) is 7.77. The lowest BCUT2D eigenvalue weighted by Gasteiger charge is -2.05. The Bertz CT molecular complexity index is 452. The SMILES string of the molecule is Cn1c(Cl)cnc1CNCc1cccnc1. The predicted molar refractivity (Wildman–Crippen MR) is 63.0 cm³/mol. The Hall–Kier alpha value is -1.39. The molecule has 0 radical (unpaired) electrons. The number of aromatic nitrogens is 3. The molecule has 1 N–H and O–H groups in total. The maximum atomic E-state index is 5.89. The van der Waals surface area contributed by atoms with Gasteiger partial charge in [0.25, 0.3) is 0 Å². The van der Waals surface area contributed by atoms with Crippen molar-refractivity contribution in [2.75, 3.05) is 0 Å². The van der Waals surface area contributed by atoms with E-state index in [0.29, 0.717) is 11.7 Å². The first-order valence-electron chi connectivity index (χ1n) is 5.03. The van der Waals surface area contributed by atoms with Crippen molar-refractivity contribution in [1.82, 2.24) is 19.9 Å². The average molecular weight is 237 g/mol. The molecule has 4 nitrogen and oxygen atoms in total. The molecule has 2 rings (SSSR count). The summed E-state index contributed by atoms with van der Waals surface area (Å²) >= 11 is 5.89. The van der Waals surface area contributed by atoms with Gasteiger partial charge in [-0.25, -0.2) is 4.98 Å². The fourth-order valence-corrected chi connectivity index (χ4v) is 1.56. The maximum Gasteiger partial charge on any atom is 0.128 e. The minimum atomic E-state index is 0.651. The number of nitrogens with zero attached hydrogens (tertiary/aromatic N) is 3. The topological polar surface area (TPSA) is 42.7 Å². The van der Waals surface area contributed by atoms with Gasteiger partial charge >= 0.3 is 0 Å². The molecule has 2 aromatic heterocycles. The molecule has 0 fully saturated rings. The van der Waals surface area contributed by atoms with E-state index in [1.165, 1.54) is 0 Å². The molecule has 0 bridgehead atoms. The average Bonchev–Trinajstić information content (AvgIpc) is 2.62. The molecule has 0 aliphatic carbocycles. The molecule has 0 saturated carbocycles. The van der Waals surface area contributed by atoms with E-state index in [4.69, 9.17) is 11.6 Å². The summed E-state index contributed by atoms with van der Waals surface area (Å²) in [6.45, 7) is 1.47. The van der Waals surface area contributed by atoms with E-state index in [9.17, 15) is 0 Å². The van der Waals surface area contributed by atoms with Gasteiger partial charge in [-0.15, -0.1) is 0 Å². The van der Waals surface area contributed by atoms with E-state index < -0.39 is 0 Å². The Balaban J connectivity index is 1.87. The highest BCUT2D eigenvalue weighted by Crippen LogP contribution is 2.08. The number of rotatable bonds is 4. The van der Waals surface area contributed by atoms with Crippen LogP contribution in [0.25, 0.3) is 0 Å². The van der Waals surface area contributed by atoms with E-state index >= 15 is 0 Å². The van der Waals surface area contributed by atoms with Crippen molar-refractivity contribution in [3.8, 4) is 0 Å². The van der Waals surface area contributed by atoms with Gasteiger partial charge in [0.05, 0.1) is 12.7 Å². The van der Waals surface area contributed by atoms with E-state index in [2.05, 4.69) is 15.3 Å². The summed E-state index contributed by atoms with van der Waals surface area (Å²) in [6.07, 6.45) is 5.27. The first kappa shape index (κ1) is 11.1. The summed E-state index contributed by atoms with van der Waals surface area (Å²) in [5.41, 5.74) is 1.16. The van der Waals surface area contributed by atoms with Crippen LogP contribution in [0.2, 0.25) is 5.15 Å². The van der Waals surface area contributed by atoms with Crippen molar-refractivity contribution in [3.05, 3.63) is 47.3 Å². The predicted octanol–water partition coefficient (Wildman–Crippen LogP) is 1.76. The van der Waals surface area contributed by atoms with Crippen LogP contribution >= 0.6 is 11.6 Å². The maximum absolute atomic E-state index is 5.89. The fourth-order valence-electron chi connectivity index (χ4n) is 1.41. The summed E-state index contributed by atoms with van der Waals surface area (Å²) in [5, 5.41) is 3.94. The van der Waals surface area contributed by atoms with Gasteiger partial charge in [0.1, 0.15) is 11.0 Å². The highest BCUT2D eigenvalue weighted by atomic mass is 35.5. The van der Waals surface area contributed by atoms with Gasteiger partial charge in [0.15, 0.2) is 0 Å². The van der Waals surface area contributed by atoms with Crippen LogP contribution < -0.4 is 5.32 Å². The minimum Gasteiger partial charge on any atom is -0.321 e. The lowest BCUT2D eigenvalue weighted by Crippen LogP contribution is -2.15. The summed E-state index contributed by atoms with van der Waals surface area (Å²) in [7, 11) is 1.90. The van der Waals surface area contributed by atoms with Crippen molar-refractivity contribution in [2.45, 2.75) is 13.1 Å². The van der Waals surface area contributed by atoms with Gasteiger partial charge in [-0.2, -0.15) is 0 Å². The largest absolute Gasteiger partial charge is 0.321 e. The molecule has 0 aromatic carbocycles. The second-order valence-electron chi connectivity index (χ2n) is 3.52.